The third-order valence-electron chi connectivity index (χ3n) is 6.46. The van der Waals surface area contributed by atoms with E-state index < -0.39 is 0 Å². The van der Waals surface area contributed by atoms with Gasteiger partial charge in [-0.15, -0.1) is 0 Å². The molecule has 0 saturated carbocycles. The average Bonchev–Trinajstić information content (AvgIpc) is 3.30. The number of hydrogen-bond acceptors (Lipinski definition) is 6. The van der Waals surface area contributed by atoms with Crippen LogP contribution in [0.4, 0.5) is 10.1 Å². The molecule has 0 spiro atoms. The van der Waals surface area contributed by atoms with Crippen molar-refractivity contribution in [3.63, 3.8) is 0 Å². The minimum absolute atomic E-state index is 0.130. The number of hydrogen-bond donors (Lipinski definition) is 1. The van der Waals surface area contributed by atoms with Gasteiger partial charge in [0.2, 0.25) is 0 Å². The number of halogens is 1. The Morgan fingerprint density at radius 3 is 2.50 bits per heavy atom. The molecule has 0 radical (unpaired) electrons. The number of carbonyl (C=O) groups excluding carboxylic acids is 1. The van der Waals surface area contributed by atoms with Gasteiger partial charge in [-0.1, -0.05) is 30.3 Å². The van der Waals surface area contributed by atoms with Crippen molar-refractivity contribution < 1.29 is 9.18 Å². The maximum absolute atomic E-state index is 14.0. The van der Waals surface area contributed by atoms with E-state index >= 15 is 0 Å². The number of rotatable bonds is 7. The van der Waals surface area contributed by atoms with Gasteiger partial charge in [0.1, 0.15) is 11.3 Å². The van der Waals surface area contributed by atoms with Gasteiger partial charge >= 0.3 is 0 Å². The van der Waals surface area contributed by atoms with Crippen LogP contribution >= 0.6 is 0 Å². The van der Waals surface area contributed by atoms with E-state index in [1.165, 1.54) is 21.6 Å². The second kappa shape index (κ2) is 10.3. The average molecular weight is 490 g/mol. The summed E-state index contributed by atoms with van der Waals surface area (Å²) in [5.74, 6) is -0.553. The second-order valence-electron chi connectivity index (χ2n) is 8.84. The van der Waals surface area contributed by atoms with Crippen LogP contribution < -0.4 is 15.8 Å². The molecule has 10 heteroatoms. The van der Waals surface area contributed by atoms with Crippen LogP contribution in [0.15, 0.2) is 65.7 Å². The summed E-state index contributed by atoms with van der Waals surface area (Å²) in [7, 11) is 1.62. The zero-order chi connectivity index (χ0) is 25.1. The van der Waals surface area contributed by atoms with Crippen LogP contribution in [0.1, 0.15) is 16.9 Å². The number of nitrogens with zero attached hydrogens (tertiary/aromatic N) is 6. The lowest BCUT2D eigenvalue weighted by molar-refractivity contribution is 0.0947. The number of anilines is 1. The van der Waals surface area contributed by atoms with Gasteiger partial charge < -0.3 is 14.8 Å². The van der Waals surface area contributed by atoms with Crippen molar-refractivity contribution in [2.24, 2.45) is 7.05 Å². The smallest absolute Gasteiger partial charge is 0.279 e. The molecule has 36 heavy (non-hydrogen) atoms. The van der Waals surface area contributed by atoms with Gasteiger partial charge in [0, 0.05) is 39.8 Å². The van der Waals surface area contributed by atoms with Gasteiger partial charge in [-0.3, -0.25) is 14.5 Å². The van der Waals surface area contributed by atoms with Crippen LogP contribution in [-0.4, -0.2) is 69.4 Å². The van der Waals surface area contributed by atoms with Crippen LogP contribution in [-0.2, 0) is 7.05 Å². The zero-order valence-electron chi connectivity index (χ0n) is 20.1. The standard InChI is InChI=1S/C26H28FN7O2/c1-31-18-29-22-23(30-34(24(22)26(31)36)19-8-3-2-4-9-19)25(35)28-12-7-13-32-14-16-33(17-15-32)21-11-6-5-10-20(21)27/h2-6,8-11,18H,7,12-17H2,1H3,(H,28,35). The summed E-state index contributed by atoms with van der Waals surface area (Å²) in [5, 5.41) is 7.38. The molecular weight excluding hydrogens is 461 g/mol. The molecule has 3 heterocycles. The van der Waals surface area contributed by atoms with Gasteiger partial charge in [0.15, 0.2) is 11.2 Å². The van der Waals surface area contributed by atoms with E-state index in [9.17, 15) is 14.0 Å². The number of fused-ring (bicyclic) bond motifs is 1. The Hall–Kier alpha value is -4.05. The molecule has 0 bridgehead atoms. The Labute approximate surface area is 207 Å². The number of carbonyl (C=O) groups is 1. The SMILES string of the molecule is Cn1cnc2c(C(=O)NCCCN3CCN(c4ccccc4F)CC3)nn(-c3ccccc3)c2c1=O. The maximum atomic E-state index is 14.0. The van der Waals surface area contributed by atoms with Gasteiger partial charge in [-0.05, 0) is 37.2 Å². The molecular formula is C26H28FN7O2. The van der Waals surface area contributed by atoms with Crippen LogP contribution in [0.2, 0.25) is 0 Å². The number of amides is 1. The first-order valence-electron chi connectivity index (χ1n) is 12.0. The largest absolute Gasteiger partial charge is 0.367 e. The van der Waals surface area contributed by atoms with Crippen molar-refractivity contribution in [2.45, 2.75) is 6.42 Å². The van der Waals surface area contributed by atoms with Crippen LogP contribution in [0.3, 0.4) is 0 Å². The molecule has 1 N–H and O–H groups in total. The fourth-order valence-electron chi connectivity index (χ4n) is 4.51. The predicted molar refractivity (Wildman–Crippen MR) is 136 cm³/mol. The van der Waals surface area contributed by atoms with Crippen molar-refractivity contribution in [1.29, 1.82) is 0 Å². The molecule has 186 valence electrons. The Kier molecular flexibility index (Phi) is 6.77. The second-order valence-corrected chi connectivity index (χ2v) is 8.84. The molecule has 2 aromatic heterocycles. The molecule has 9 nitrogen and oxygen atoms in total. The summed E-state index contributed by atoms with van der Waals surface area (Å²) in [5.41, 5.74) is 1.74. The predicted octanol–water partition coefficient (Wildman–Crippen LogP) is 2.20. The Morgan fingerprint density at radius 2 is 1.75 bits per heavy atom. The highest BCUT2D eigenvalue weighted by Crippen LogP contribution is 2.20. The minimum Gasteiger partial charge on any atom is -0.367 e. The lowest BCUT2D eigenvalue weighted by Gasteiger charge is -2.36. The minimum atomic E-state index is -0.361. The number of benzene rings is 2. The van der Waals surface area contributed by atoms with Crippen molar-refractivity contribution in [2.75, 3.05) is 44.2 Å². The van der Waals surface area contributed by atoms with E-state index in [2.05, 4.69) is 25.2 Å². The summed E-state index contributed by atoms with van der Waals surface area (Å²) in [6.07, 6.45) is 2.16. The molecule has 0 aliphatic carbocycles. The van der Waals surface area contributed by atoms with Crippen LogP contribution in [0.25, 0.3) is 16.7 Å². The van der Waals surface area contributed by atoms with Crippen molar-refractivity contribution in [1.82, 2.24) is 29.5 Å². The van der Waals surface area contributed by atoms with E-state index in [1.54, 1.807) is 13.1 Å². The molecule has 1 amide bonds. The van der Waals surface area contributed by atoms with E-state index in [0.29, 0.717) is 17.9 Å². The highest BCUT2D eigenvalue weighted by molar-refractivity contribution is 6.03. The molecule has 1 aliphatic rings. The highest BCUT2D eigenvalue weighted by Gasteiger charge is 2.23. The fourth-order valence-corrected chi connectivity index (χ4v) is 4.51. The number of para-hydroxylation sites is 2. The quantitative estimate of drug-likeness (QED) is 0.401. The third-order valence-corrected chi connectivity index (χ3v) is 6.46. The van der Waals surface area contributed by atoms with Crippen molar-refractivity contribution in [3.05, 3.63) is 82.8 Å². The topological polar surface area (TPSA) is 88.3 Å². The van der Waals surface area contributed by atoms with Gasteiger partial charge in [-0.2, -0.15) is 5.10 Å². The fraction of sp³-hybridized carbons (Fsp3) is 0.308. The Morgan fingerprint density at radius 1 is 1.03 bits per heavy atom. The number of piperazine rings is 1. The molecule has 1 aliphatic heterocycles. The number of aryl methyl sites for hydroxylation is 1. The number of nitrogens with one attached hydrogen (secondary N) is 1. The molecule has 0 unspecified atom stereocenters. The molecule has 0 atom stereocenters. The summed E-state index contributed by atoms with van der Waals surface area (Å²) in [6.45, 7) is 4.48. The zero-order valence-corrected chi connectivity index (χ0v) is 20.1. The van der Waals surface area contributed by atoms with E-state index in [1.807, 2.05) is 42.5 Å². The van der Waals surface area contributed by atoms with Crippen LogP contribution in [0, 0.1) is 5.82 Å². The molecule has 1 fully saturated rings. The molecule has 4 aromatic rings. The van der Waals surface area contributed by atoms with Gasteiger partial charge in [0.25, 0.3) is 11.5 Å². The normalized spacial score (nSPS) is 14.3. The third kappa shape index (κ3) is 4.72. The highest BCUT2D eigenvalue weighted by atomic mass is 19.1. The first-order valence-corrected chi connectivity index (χ1v) is 12.0. The number of aromatic nitrogens is 4. The molecule has 1 saturated heterocycles. The molecule has 5 rings (SSSR count). The summed E-state index contributed by atoms with van der Waals surface area (Å²) < 4.78 is 16.9. The summed E-state index contributed by atoms with van der Waals surface area (Å²) in [4.78, 5) is 34.5. The van der Waals surface area contributed by atoms with E-state index in [-0.39, 0.29) is 34.0 Å². The Balaban J connectivity index is 1.20. The van der Waals surface area contributed by atoms with Gasteiger partial charge in [0.05, 0.1) is 17.7 Å². The summed E-state index contributed by atoms with van der Waals surface area (Å²) >= 11 is 0. The van der Waals surface area contributed by atoms with E-state index in [0.717, 1.165) is 39.1 Å². The molecule has 2 aromatic carbocycles. The first kappa shape index (κ1) is 23.7. The van der Waals surface area contributed by atoms with E-state index in [4.69, 9.17) is 0 Å². The first-order chi connectivity index (χ1) is 17.5. The lowest BCUT2D eigenvalue weighted by atomic mass is 10.2. The monoisotopic (exact) mass is 489 g/mol. The van der Waals surface area contributed by atoms with Crippen molar-refractivity contribution in [3.8, 4) is 5.69 Å². The lowest BCUT2D eigenvalue weighted by Crippen LogP contribution is -2.47. The Bertz CT molecular complexity index is 1430. The van der Waals surface area contributed by atoms with Crippen LogP contribution in [0.5, 0.6) is 0 Å². The summed E-state index contributed by atoms with van der Waals surface area (Å²) in [6, 6.07) is 16.1. The van der Waals surface area contributed by atoms with Crippen molar-refractivity contribution >= 4 is 22.6 Å². The maximum Gasteiger partial charge on any atom is 0.279 e. The van der Waals surface area contributed by atoms with Gasteiger partial charge in [-0.25, -0.2) is 14.1 Å².